The summed E-state index contributed by atoms with van der Waals surface area (Å²) >= 11 is 0. The third-order valence-corrected chi connectivity index (χ3v) is 4.34. The second kappa shape index (κ2) is 8.38. The number of anilines is 1. The van der Waals surface area contributed by atoms with E-state index in [1.807, 2.05) is 6.20 Å². The standard InChI is InChI=1S/C18H31N3/c1-4-21(17-8-6-5-7-9-17)18-11-10-16(14-20-18)13-19-12-15(2)3/h10-11,14-15,17,19H,4-9,12-13H2,1-3H3. The molecule has 3 nitrogen and oxygen atoms in total. The normalized spacial score (nSPS) is 16.4. The van der Waals surface area contributed by atoms with Gasteiger partial charge in [-0.3, -0.25) is 0 Å². The molecule has 0 aliphatic heterocycles. The fourth-order valence-corrected chi connectivity index (χ4v) is 3.20. The van der Waals surface area contributed by atoms with Crippen LogP contribution in [0.1, 0.15) is 58.4 Å². The number of rotatable bonds is 7. The van der Waals surface area contributed by atoms with E-state index >= 15 is 0 Å². The molecule has 2 rings (SSSR count). The average Bonchev–Trinajstić information content (AvgIpc) is 2.50. The van der Waals surface area contributed by atoms with Crippen LogP contribution < -0.4 is 10.2 Å². The Hall–Kier alpha value is -1.09. The van der Waals surface area contributed by atoms with Gasteiger partial charge in [0.25, 0.3) is 0 Å². The van der Waals surface area contributed by atoms with Crippen LogP contribution in [0, 0.1) is 5.92 Å². The van der Waals surface area contributed by atoms with Gasteiger partial charge in [-0.1, -0.05) is 39.2 Å². The minimum absolute atomic E-state index is 0.694. The lowest BCUT2D eigenvalue weighted by molar-refractivity contribution is 0.416. The van der Waals surface area contributed by atoms with E-state index in [1.165, 1.54) is 37.7 Å². The molecule has 118 valence electrons. The van der Waals surface area contributed by atoms with Gasteiger partial charge in [0.1, 0.15) is 5.82 Å². The zero-order valence-corrected chi connectivity index (χ0v) is 13.9. The summed E-state index contributed by atoms with van der Waals surface area (Å²) in [7, 11) is 0. The highest BCUT2D eigenvalue weighted by molar-refractivity contribution is 5.40. The van der Waals surface area contributed by atoms with E-state index in [4.69, 9.17) is 4.98 Å². The minimum Gasteiger partial charge on any atom is -0.354 e. The third-order valence-electron chi connectivity index (χ3n) is 4.34. The summed E-state index contributed by atoms with van der Waals surface area (Å²) in [5.74, 6) is 1.84. The number of hydrogen-bond acceptors (Lipinski definition) is 3. The van der Waals surface area contributed by atoms with E-state index in [1.54, 1.807) is 0 Å². The Morgan fingerprint density at radius 3 is 2.57 bits per heavy atom. The molecule has 0 atom stereocenters. The molecule has 0 bridgehead atoms. The van der Waals surface area contributed by atoms with E-state index in [0.717, 1.165) is 25.5 Å². The fourth-order valence-electron chi connectivity index (χ4n) is 3.20. The molecule has 0 radical (unpaired) electrons. The van der Waals surface area contributed by atoms with Gasteiger partial charge in [-0.25, -0.2) is 4.98 Å². The molecule has 1 fully saturated rings. The molecule has 0 aromatic carbocycles. The summed E-state index contributed by atoms with van der Waals surface area (Å²) in [5.41, 5.74) is 1.28. The molecule has 0 saturated heterocycles. The molecule has 1 aliphatic rings. The van der Waals surface area contributed by atoms with Gasteiger partial charge in [0.15, 0.2) is 0 Å². The highest BCUT2D eigenvalue weighted by atomic mass is 15.2. The van der Waals surface area contributed by atoms with Crippen molar-refractivity contribution in [3.8, 4) is 0 Å². The topological polar surface area (TPSA) is 28.2 Å². The zero-order valence-electron chi connectivity index (χ0n) is 13.9. The lowest BCUT2D eigenvalue weighted by Gasteiger charge is -2.34. The Morgan fingerprint density at radius 1 is 1.24 bits per heavy atom. The van der Waals surface area contributed by atoms with Crippen molar-refractivity contribution in [1.29, 1.82) is 0 Å². The molecule has 1 aromatic rings. The fraction of sp³-hybridized carbons (Fsp3) is 0.722. The van der Waals surface area contributed by atoms with Crippen LogP contribution in [0.4, 0.5) is 5.82 Å². The molecule has 0 unspecified atom stereocenters. The van der Waals surface area contributed by atoms with Crippen molar-refractivity contribution in [3.63, 3.8) is 0 Å². The van der Waals surface area contributed by atoms with Gasteiger partial charge in [-0.15, -0.1) is 0 Å². The van der Waals surface area contributed by atoms with Gasteiger partial charge in [-0.05, 0) is 43.9 Å². The van der Waals surface area contributed by atoms with Crippen molar-refractivity contribution in [2.24, 2.45) is 5.92 Å². The molecule has 0 amide bonds. The first-order valence-electron chi connectivity index (χ1n) is 8.63. The van der Waals surface area contributed by atoms with Crippen LogP contribution in [-0.2, 0) is 6.54 Å². The van der Waals surface area contributed by atoms with Crippen LogP contribution in [0.25, 0.3) is 0 Å². The third kappa shape index (κ3) is 4.99. The Bertz CT molecular complexity index is 393. The van der Waals surface area contributed by atoms with Crippen molar-refractivity contribution >= 4 is 5.82 Å². The summed E-state index contributed by atoms with van der Waals surface area (Å²) in [6.45, 7) is 9.75. The van der Waals surface area contributed by atoms with E-state index in [-0.39, 0.29) is 0 Å². The second-order valence-electron chi connectivity index (χ2n) is 6.63. The summed E-state index contributed by atoms with van der Waals surface area (Å²) in [5, 5.41) is 3.47. The molecule has 3 heteroatoms. The van der Waals surface area contributed by atoms with Gasteiger partial charge in [-0.2, -0.15) is 0 Å². The molecular formula is C18H31N3. The number of pyridine rings is 1. The maximum Gasteiger partial charge on any atom is 0.128 e. The van der Waals surface area contributed by atoms with Crippen molar-refractivity contribution in [2.45, 2.75) is 65.5 Å². The Labute approximate surface area is 130 Å². The van der Waals surface area contributed by atoms with Crippen LogP contribution in [0.2, 0.25) is 0 Å². The summed E-state index contributed by atoms with van der Waals surface area (Å²) < 4.78 is 0. The van der Waals surface area contributed by atoms with Crippen LogP contribution in [0.3, 0.4) is 0 Å². The minimum atomic E-state index is 0.694. The maximum absolute atomic E-state index is 4.71. The molecule has 1 heterocycles. The van der Waals surface area contributed by atoms with E-state index in [9.17, 15) is 0 Å². The molecule has 0 spiro atoms. The van der Waals surface area contributed by atoms with Crippen LogP contribution in [0.5, 0.6) is 0 Å². The van der Waals surface area contributed by atoms with Gasteiger partial charge in [0.05, 0.1) is 0 Å². The molecular weight excluding hydrogens is 258 g/mol. The molecule has 1 aliphatic carbocycles. The van der Waals surface area contributed by atoms with Crippen molar-refractivity contribution < 1.29 is 0 Å². The van der Waals surface area contributed by atoms with Gasteiger partial charge >= 0.3 is 0 Å². The van der Waals surface area contributed by atoms with Crippen LogP contribution >= 0.6 is 0 Å². The first kappa shape index (κ1) is 16.3. The Morgan fingerprint density at radius 2 is 2.00 bits per heavy atom. The van der Waals surface area contributed by atoms with Crippen molar-refractivity contribution in [2.75, 3.05) is 18.0 Å². The number of hydrogen-bond donors (Lipinski definition) is 1. The van der Waals surface area contributed by atoms with Gasteiger partial charge < -0.3 is 10.2 Å². The van der Waals surface area contributed by atoms with Crippen molar-refractivity contribution in [1.82, 2.24) is 10.3 Å². The zero-order chi connectivity index (χ0) is 15.1. The molecule has 1 aromatic heterocycles. The largest absolute Gasteiger partial charge is 0.354 e. The highest BCUT2D eigenvalue weighted by Crippen LogP contribution is 2.26. The van der Waals surface area contributed by atoms with Crippen LogP contribution in [0.15, 0.2) is 18.3 Å². The molecule has 21 heavy (non-hydrogen) atoms. The first-order chi connectivity index (χ1) is 10.2. The molecule has 1 N–H and O–H groups in total. The molecule has 1 saturated carbocycles. The van der Waals surface area contributed by atoms with Crippen molar-refractivity contribution in [3.05, 3.63) is 23.9 Å². The predicted molar refractivity (Wildman–Crippen MR) is 90.7 cm³/mol. The van der Waals surface area contributed by atoms with E-state index in [2.05, 4.69) is 43.1 Å². The summed E-state index contributed by atoms with van der Waals surface area (Å²) in [6, 6.07) is 5.12. The average molecular weight is 289 g/mol. The first-order valence-corrected chi connectivity index (χ1v) is 8.63. The maximum atomic E-state index is 4.71. The summed E-state index contributed by atoms with van der Waals surface area (Å²) in [4.78, 5) is 7.20. The van der Waals surface area contributed by atoms with Gasteiger partial charge in [0.2, 0.25) is 0 Å². The van der Waals surface area contributed by atoms with Gasteiger partial charge in [0, 0.05) is 25.3 Å². The highest BCUT2D eigenvalue weighted by Gasteiger charge is 2.20. The lowest BCUT2D eigenvalue weighted by atomic mass is 9.94. The Kier molecular flexibility index (Phi) is 6.50. The SMILES string of the molecule is CCN(c1ccc(CNCC(C)C)cn1)C1CCCCC1. The second-order valence-corrected chi connectivity index (χ2v) is 6.63. The summed E-state index contributed by atoms with van der Waals surface area (Å²) in [6.07, 6.45) is 8.84. The number of nitrogens with one attached hydrogen (secondary N) is 1. The number of aromatic nitrogens is 1. The predicted octanol–water partition coefficient (Wildman–Crippen LogP) is 3.99. The monoisotopic (exact) mass is 289 g/mol. The smallest absolute Gasteiger partial charge is 0.128 e. The number of nitrogens with zero attached hydrogens (tertiary/aromatic N) is 2. The van der Waals surface area contributed by atoms with Crippen LogP contribution in [-0.4, -0.2) is 24.1 Å². The Balaban J connectivity index is 1.92. The van der Waals surface area contributed by atoms with E-state index < -0.39 is 0 Å². The quantitative estimate of drug-likeness (QED) is 0.822. The van der Waals surface area contributed by atoms with E-state index in [0.29, 0.717) is 12.0 Å². The lowest BCUT2D eigenvalue weighted by Crippen LogP contribution is -2.37.